The molecule has 5 N–H and O–H groups in total. The van der Waals surface area contributed by atoms with Gasteiger partial charge in [-0.1, -0.05) is 25.0 Å². The molecule has 1 saturated heterocycles. The zero-order chi connectivity index (χ0) is 46.0. The van der Waals surface area contributed by atoms with Crippen molar-refractivity contribution in [1.82, 2.24) is 30.2 Å². The van der Waals surface area contributed by atoms with E-state index in [1.807, 2.05) is 37.4 Å². The number of amides is 4. The Labute approximate surface area is 378 Å². The number of alkyl carbamates (subject to hydrolysis) is 1. The first-order chi connectivity index (χ1) is 30.4. The van der Waals surface area contributed by atoms with Crippen LogP contribution < -0.4 is 30.1 Å². The monoisotopic (exact) mass is 923 g/mol. The second-order valence-electron chi connectivity index (χ2n) is 18.5. The molecular weight excluding hydrogens is 863 g/mol. The van der Waals surface area contributed by atoms with Crippen LogP contribution in [0.2, 0.25) is 0 Å². The summed E-state index contributed by atoms with van der Waals surface area (Å²) in [6.07, 6.45) is 6.58. The van der Waals surface area contributed by atoms with Crippen LogP contribution in [0.3, 0.4) is 0 Å². The second kappa shape index (κ2) is 19.2. The standard InChI is InChI=1S/C45H61N7O10S2/c1-26(2)46-42-48-34(25-63-42)33-22-37(30-19-16-28(60-6)21-32(30)47-33)61-38-23-36-39(54)50-45(41(56)51-64(58,59)29-17-18-29)24-27(45)13-10-8-7-9-11-14-31(49-43(57)62-44(3,4)5)40(55)52(36)35(38)15-12-20-53/h10,13,16,19,21-22,25-27,29,31,35-36,38,53H,7-9,11-12,14-15,17-18,20,23-24H2,1-6H3,(H,46,48)(H,49,57)(H,50,54)(H,51,56)/b13-10-/t27?,31?,35-,36?,38+,45?/m0/s1. The van der Waals surface area contributed by atoms with Crippen LogP contribution in [0.15, 0.2) is 41.8 Å². The van der Waals surface area contributed by atoms with Gasteiger partial charge in [0, 0.05) is 47.9 Å². The number of anilines is 1. The summed E-state index contributed by atoms with van der Waals surface area (Å²) in [5.74, 6) is -1.56. The van der Waals surface area contributed by atoms with Gasteiger partial charge in [-0.15, -0.1) is 11.3 Å². The number of methoxy groups -OCH3 is 1. The molecule has 0 spiro atoms. The first kappa shape index (κ1) is 47.0. The number of sulfonamides is 1. The third kappa shape index (κ3) is 10.9. The Hall–Kier alpha value is -5.01. The zero-order valence-electron chi connectivity index (χ0n) is 37.3. The number of fused-ring (bicyclic) bond motifs is 3. The van der Waals surface area contributed by atoms with Crippen molar-refractivity contribution in [2.24, 2.45) is 5.92 Å². The average molecular weight is 924 g/mol. The lowest BCUT2D eigenvalue weighted by Gasteiger charge is -2.35. The van der Waals surface area contributed by atoms with Crippen molar-refractivity contribution in [2.75, 3.05) is 19.0 Å². The van der Waals surface area contributed by atoms with Crippen molar-refractivity contribution in [3.63, 3.8) is 0 Å². The quantitative estimate of drug-likeness (QED) is 0.132. The molecule has 4 unspecified atom stereocenters. The van der Waals surface area contributed by atoms with Crippen LogP contribution >= 0.6 is 11.3 Å². The molecule has 4 aliphatic rings. The van der Waals surface area contributed by atoms with Crippen LogP contribution in [0, 0.1) is 5.92 Å². The molecule has 1 aromatic carbocycles. The highest BCUT2D eigenvalue weighted by Crippen LogP contribution is 2.47. The number of carbonyl (C=O) groups is 4. The van der Waals surface area contributed by atoms with E-state index in [1.54, 1.807) is 46.1 Å². The topological polar surface area (TPSA) is 227 Å². The van der Waals surface area contributed by atoms with Gasteiger partial charge in [-0.05, 0) is 98.1 Å². The molecule has 2 aliphatic carbocycles. The number of aliphatic hydroxyl groups excluding tert-OH is 1. The summed E-state index contributed by atoms with van der Waals surface area (Å²) in [7, 11) is -2.40. The van der Waals surface area contributed by atoms with Gasteiger partial charge < -0.3 is 40.2 Å². The van der Waals surface area contributed by atoms with Gasteiger partial charge >= 0.3 is 6.09 Å². The number of aromatic nitrogens is 2. The Kier molecular flexibility index (Phi) is 14.1. The molecule has 19 heteroatoms. The van der Waals surface area contributed by atoms with Crippen LogP contribution in [-0.4, -0.2) is 113 Å². The predicted octanol–water partition coefficient (Wildman–Crippen LogP) is 5.57. The van der Waals surface area contributed by atoms with Crippen LogP contribution in [0.5, 0.6) is 11.5 Å². The number of hydrogen-bond donors (Lipinski definition) is 5. The van der Waals surface area contributed by atoms with Crippen molar-refractivity contribution < 1.29 is 46.9 Å². The molecule has 0 bridgehead atoms. The fourth-order valence-electron chi connectivity index (χ4n) is 8.51. The summed E-state index contributed by atoms with van der Waals surface area (Å²) >= 11 is 1.44. The molecule has 2 aliphatic heterocycles. The molecule has 3 fully saturated rings. The number of pyridine rings is 1. The molecule has 2 saturated carbocycles. The average Bonchev–Trinajstić information content (AvgIpc) is 4.12. The third-order valence-electron chi connectivity index (χ3n) is 11.9. The van der Waals surface area contributed by atoms with Gasteiger partial charge in [0.25, 0.3) is 5.91 Å². The number of ether oxygens (including phenoxy) is 3. The molecule has 348 valence electrons. The highest BCUT2D eigenvalue weighted by molar-refractivity contribution is 7.91. The molecule has 0 radical (unpaired) electrons. The smallest absolute Gasteiger partial charge is 0.408 e. The number of hydrogen-bond acceptors (Lipinski definition) is 14. The summed E-state index contributed by atoms with van der Waals surface area (Å²) < 4.78 is 46.5. The Morgan fingerprint density at radius 2 is 1.86 bits per heavy atom. The van der Waals surface area contributed by atoms with Gasteiger partial charge in [-0.3, -0.25) is 19.1 Å². The molecular formula is C45H61N7O10S2. The Bertz CT molecular complexity index is 2360. The van der Waals surface area contributed by atoms with Gasteiger partial charge in [0.1, 0.15) is 46.5 Å². The number of benzene rings is 1. The minimum absolute atomic E-state index is 0.0418. The lowest BCUT2D eigenvalue weighted by molar-refractivity contribution is -0.143. The molecule has 64 heavy (non-hydrogen) atoms. The maximum absolute atomic E-state index is 15.2. The van der Waals surface area contributed by atoms with E-state index in [-0.39, 0.29) is 44.8 Å². The fraction of sp³-hybridized carbons (Fsp3) is 0.600. The summed E-state index contributed by atoms with van der Waals surface area (Å²) in [4.78, 5) is 68.7. The van der Waals surface area contributed by atoms with Crippen LogP contribution in [0.1, 0.15) is 105 Å². The highest BCUT2D eigenvalue weighted by Gasteiger charge is 2.62. The minimum Gasteiger partial charge on any atom is -0.497 e. The van der Waals surface area contributed by atoms with Crippen LogP contribution in [0.25, 0.3) is 22.3 Å². The summed E-state index contributed by atoms with van der Waals surface area (Å²) in [6, 6.07) is 4.17. The SMILES string of the molecule is COc1ccc2c(O[C@@H]3CC4C(=O)NC5(C(=O)NS(=O)(=O)C6CC6)CC5/C=C\CCCCCC(NC(=O)OC(C)(C)C)C(=O)N4[C@H]3CCCO)cc(-c3csc(NC(C)C)n3)nc2c1. The van der Waals surface area contributed by atoms with E-state index >= 15 is 4.79 Å². The molecule has 2 aromatic heterocycles. The van der Waals surface area contributed by atoms with E-state index in [9.17, 15) is 27.9 Å². The molecule has 17 nitrogen and oxygen atoms in total. The molecule has 4 heterocycles. The predicted molar refractivity (Wildman–Crippen MR) is 242 cm³/mol. The summed E-state index contributed by atoms with van der Waals surface area (Å²) in [5, 5.41) is 21.8. The van der Waals surface area contributed by atoms with Crippen molar-refractivity contribution >= 4 is 61.2 Å². The molecule has 4 amide bonds. The van der Waals surface area contributed by atoms with E-state index in [2.05, 4.69) is 20.7 Å². The van der Waals surface area contributed by atoms with Crippen molar-refractivity contribution in [1.29, 1.82) is 0 Å². The third-order valence-corrected chi connectivity index (χ3v) is 14.5. The lowest BCUT2D eigenvalue weighted by Crippen LogP contribution is -2.60. The first-order valence-corrected chi connectivity index (χ1v) is 24.7. The number of carbonyl (C=O) groups excluding carboxylic acids is 4. The van der Waals surface area contributed by atoms with Crippen molar-refractivity contribution in [3.05, 3.63) is 41.8 Å². The summed E-state index contributed by atoms with van der Waals surface area (Å²) in [5.41, 5.74) is -0.771. The number of nitrogens with one attached hydrogen (secondary N) is 4. The highest BCUT2D eigenvalue weighted by atomic mass is 32.2. The summed E-state index contributed by atoms with van der Waals surface area (Å²) in [6.45, 7) is 8.99. The van der Waals surface area contributed by atoms with E-state index in [0.29, 0.717) is 64.6 Å². The Morgan fingerprint density at radius 1 is 1.08 bits per heavy atom. The van der Waals surface area contributed by atoms with Gasteiger partial charge in [-0.2, -0.15) is 0 Å². The molecule has 3 aromatic rings. The number of aliphatic hydroxyl groups is 1. The number of nitrogens with zero attached hydrogens (tertiary/aromatic N) is 3. The Balaban J connectivity index is 1.30. The number of allylic oxidation sites excluding steroid dienone is 1. The maximum Gasteiger partial charge on any atom is 0.408 e. The van der Waals surface area contributed by atoms with Gasteiger partial charge in [0.2, 0.25) is 21.8 Å². The second-order valence-corrected chi connectivity index (χ2v) is 21.3. The van der Waals surface area contributed by atoms with E-state index < -0.39 is 80.4 Å². The van der Waals surface area contributed by atoms with Crippen LogP contribution in [0.4, 0.5) is 9.93 Å². The molecule has 6 atom stereocenters. The van der Waals surface area contributed by atoms with E-state index in [4.69, 9.17) is 24.2 Å². The van der Waals surface area contributed by atoms with Gasteiger partial charge in [0.15, 0.2) is 5.13 Å². The maximum atomic E-state index is 15.2. The normalized spacial score (nSPS) is 25.9. The van der Waals surface area contributed by atoms with Gasteiger partial charge in [-0.25, -0.2) is 23.2 Å². The zero-order valence-corrected chi connectivity index (χ0v) is 39.0. The van der Waals surface area contributed by atoms with E-state index in [1.165, 1.54) is 16.2 Å². The minimum atomic E-state index is -3.96. The number of thiazole rings is 1. The Morgan fingerprint density at radius 3 is 2.56 bits per heavy atom. The van der Waals surface area contributed by atoms with Gasteiger partial charge in [0.05, 0.1) is 29.6 Å². The van der Waals surface area contributed by atoms with Crippen molar-refractivity contribution in [3.8, 4) is 22.9 Å². The van der Waals surface area contributed by atoms with Crippen LogP contribution in [-0.2, 0) is 29.1 Å². The van der Waals surface area contributed by atoms with Crippen molar-refractivity contribution in [2.45, 2.75) is 152 Å². The fourth-order valence-corrected chi connectivity index (χ4v) is 10.7. The first-order valence-electron chi connectivity index (χ1n) is 22.3. The number of rotatable bonds is 13. The lowest BCUT2D eigenvalue weighted by atomic mass is 10.0. The molecule has 7 rings (SSSR count). The van der Waals surface area contributed by atoms with E-state index in [0.717, 1.165) is 12.8 Å². The largest absolute Gasteiger partial charge is 0.497 e.